The molecule has 11 heavy (non-hydrogen) atoms. The van der Waals surface area contributed by atoms with Gasteiger partial charge >= 0.3 is 0 Å². The molecule has 66 valence electrons. The lowest BCUT2D eigenvalue weighted by Gasteiger charge is -2.28. The Morgan fingerprint density at radius 2 is 2.09 bits per heavy atom. The minimum atomic E-state index is -2.80. The number of hydrogen-bond donors (Lipinski definition) is 0. The molecule has 1 atom stereocenters. The zero-order valence-corrected chi connectivity index (χ0v) is 7.89. The Bertz CT molecular complexity index is 223. The predicted octanol–water partition coefficient (Wildman–Crippen LogP) is 0.125. The van der Waals surface area contributed by atoms with Gasteiger partial charge in [-0.1, -0.05) is 0 Å². The highest BCUT2D eigenvalue weighted by molar-refractivity contribution is 7.91. The number of hydrogen-bond acceptors (Lipinski definition) is 3. The maximum Gasteiger partial charge on any atom is 0.151 e. The highest BCUT2D eigenvalue weighted by atomic mass is 32.2. The van der Waals surface area contributed by atoms with Gasteiger partial charge in [0.15, 0.2) is 9.84 Å². The Labute approximate surface area is 68.3 Å². The summed E-state index contributed by atoms with van der Waals surface area (Å²) in [6.45, 7) is 1.74. The molecule has 1 fully saturated rings. The molecule has 0 unspecified atom stereocenters. The first-order chi connectivity index (χ1) is 5.00. The number of sulfone groups is 1. The first kappa shape index (κ1) is 9.00. The molecule has 0 aliphatic carbocycles. The molecule has 1 saturated heterocycles. The molecule has 0 amide bonds. The summed E-state index contributed by atoms with van der Waals surface area (Å²) in [5.41, 5.74) is 0. The van der Waals surface area contributed by atoms with Crippen molar-refractivity contribution in [3.05, 3.63) is 0 Å². The zero-order valence-electron chi connectivity index (χ0n) is 7.08. The third-order valence-electron chi connectivity index (χ3n) is 2.19. The van der Waals surface area contributed by atoms with Crippen molar-refractivity contribution in [2.24, 2.45) is 0 Å². The van der Waals surface area contributed by atoms with Crippen LogP contribution in [0.4, 0.5) is 0 Å². The van der Waals surface area contributed by atoms with E-state index in [0.717, 1.165) is 19.4 Å². The van der Waals surface area contributed by atoms with Crippen LogP contribution in [0.25, 0.3) is 0 Å². The van der Waals surface area contributed by atoms with Crippen LogP contribution in [0.15, 0.2) is 0 Å². The second-order valence-electron chi connectivity index (χ2n) is 3.36. The van der Waals surface area contributed by atoms with Crippen LogP contribution in [-0.4, -0.2) is 45.0 Å². The third-order valence-corrected chi connectivity index (χ3v) is 3.78. The van der Waals surface area contributed by atoms with Crippen LogP contribution in [0.2, 0.25) is 0 Å². The Hall–Kier alpha value is -0.0900. The fraction of sp³-hybridized carbons (Fsp3) is 1.00. The van der Waals surface area contributed by atoms with Crippen molar-refractivity contribution in [2.45, 2.75) is 18.1 Å². The van der Waals surface area contributed by atoms with Crippen LogP contribution in [0.5, 0.6) is 0 Å². The van der Waals surface area contributed by atoms with Crippen LogP contribution in [0.1, 0.15) is 12.8 Å². The number of piperidine rings is 1. The van der Waals surface area contributed by atoms with Crippen LogP contribution in [0, 0.1) is 0 Å². The zero-order chi connectivity index (χ0) is 8.48. The molecule has 1 aliphatic heterocycles. The van der Waals surface area contributed by atoms with Gasteiger partial charge in [0.05, 0.1) is 5.25 Å². The summed E-state index contributed by atoms with van der Waals surface area (Å²) in [6.07, 6.45) is 3.17. The van der Waals surface area contributed by atoms with Gasteiger partial charge in [-0.2, -0.15) is 0 Å². The number of nitrogens with zero attached hydrogens (tertiary/aromatic N) is 1. The lowest BCUT2D eigenvalue weighted by molar-refractivity contribution is 0.278. The highest BCUT2D eigenvalue weighted by Gasteiger charge is 2.25. The summed E-state index contributed by atoms with van der Waals surface area (Å²) >= 11 is 0. The van der Waals surface area contributed by atoms with Gasteiger partial charge in [0, 0.05) is 12.8 Å². The number of rotatable bonds is 1. The van der Waals surface area contributed by atoms with Crippen molar-refractivity contribution in [1.29, 1.82) is 0 Å². The van der Waals surface area contributed by atoms with E-state index in [2.05, 4.69) is 4.90 Å². The van der Waals surface area contributed by atoms with E-state index < -0.39 is 9.84 Å². The van der Waals surface area contributed by atoms with E-state index in [4.69, 9.17) is 0 Å². The normalized spacial score (nSPS) is 28.7. The molecule has 0 N–H and O–H groups in total. The first-order valence-corrected chi connectivity index (χ1v) is 5.83. The smallest absolute Gasteiger partial charge is 0.151 e. The molecule has 0 saturated carbocycles. The van der Waals surface area contributed by atoms with Crippen LogP contribution in [0.3, 0.4) is 0 Å². The SMILES string of the molecule is CN1CCC[C@@H](S(C)(=O)=O)C1. The summed E-state index contributed by atoms with van der Waals surface area (Å²) in [4.78, 5) is 2.08. The fourth-order valence-electron chi connectivity index (χ4n) is 1.47. The minimum Gasteiger partial charge on any atom is -0.305 e. The fourth-order valence-corrected chi connectivity index (χ4v) is 2.59. The monoisotopic (exact) mass is 177 g/mol. The van der Waals surface area contributed by atoms with Gasteiger partial charge in [0.25, 0.3) is 0 Å². The summed E-state index contributed by atoms with van der Waals surface area (Å²) in [6, 6.07) is 0. The molecular formula is C7H15NO2S. The molecule has 0 spiro atoms. The van der Waals surface area contributed by atoms with Crippen LogP contribution >= 0.6 is 0 Å². The van der Waals surface area contributed by atoms with Gasteiger partial charge in [0.2, 0.25) is 0 Å². The largest absolute Gasteiger partial charge is 0.305 e. The Morgan fingerprint density at radius 3 is 2.45 bits per heavy atom. The van der Waals surface area contributed by atoms with Crippen molar-refractivity contribution in [3.8, 4) is 0 Å². The first-order valence-electron chi connectivity index (χ1n) is 3.87. The molecule has 0 aromatic rings. The van der Waals surface area contributed by atoms with Gasteiger partial charge < -0.3 is 4.90 Å². The molecule has 4 heteroatoms. The summed E-state index contributed by atoms with van der Waals surface area (Å²) in [7, 11) is -0.831. The van der Waals surface area contributed by atoms with Gasteiger partial charge in [-0.25, -0.2) is 8.42 Å². The van der Waals surface area contributed by atoms with E-state index in [1.165, 1.54) is 6.26 Å². The maximum atomic E-state index is 11.1. The predicted molar refractivity (Wildman–Crippen MR) is 45.4 cm³/mol. The molecular weight excluding hydrogens is 162 g/mol. The quantitative estimate of drug-likeness (QED) is 0.571. The highest BCUT2D eigenvalue weighted by Crippen LogP contribution is 2.14. The van der Waals surface area contributed by atoms with E-state index in [0.29, 0.717) is 6.54 Å². The van der Waals surface area contributed by atoms with E-state index in [1.54, 1.807) is 0 Å². The molecule has 1 aliphatic rings. The van der Waals surface area contributed by atoms with E-state index in [9.17, 15) is 8.42 Å². The van der Waals surface area contributed by atoms with Crippen molar-refractivity contribution >= 4 is 9.84 Å². The number of likely N-dealkylation sites (tertiary alicyclic amines) is 1. The molecule has 1 heterocycles. The summed E-state index contributed by atoms with van der Waals surface area (Å²) in [5, 5.41) is -0.124. The molecule has 3 nitrogen and oxygen atoms in total. The van der Waals surface area contributed by atoms with E-state index >= 15 is 0 Å². The second-order valence-corrected chi connectivity index (χ2v) is 5.68. The van der Waals surface area contributed by atoms with Crippen molar-refractivity contribution in [3.63, 3.8) is 0 Å². The van der Waals surface area contributed by atoms with Crippen molar-refractivity contribution in [2.75, 3.05) is 26.4 Å². The van der Waals surface area contributed by atoms with Gasteiger partial charge in [-0.3, -0.25) is 0 Å². The van der Waals surface area contributed by atoms with Gasteiger partial charge in [0.1, 0.15) is 0 Å². The van der Waals surface area contributed by atoms with E-state index in [-0.39, 0.29) is 5.25 Å². The Balaban J connectivity index is 2.60. The van der Waals surface area contributed by atoms with Crippen molar-refractivity contribution < 1.29 is 8.42 Å². The van der Waals surface area contributed by atoms with E-state index in [1.807, 2.05) is 7.05 Å². The Kier molecular flexibility index (Phi) is 2.54. The van der Waals surface area contributed by atoms with Crippen LogP contribution in [-0.2, 0) is 9.84 Å². The lowest BCUT2D eigenvalue weighted by atomic mass is 10.1. The van der Waals surface area contributed by atoms with Crippen LogP contribution < -0.4 is 0 Å². The summed E-state index contributed by atoms with van der Waals surface area (Å²) in [5.74, 6) is 0. The average molecular weight is 177 g/mol. The van der Waals surface area contributed by atoms with Crippen molar-refractivity contribution in [1.82, 2.24) is 4.90 Å². The second kappa shape index (κ2) is 3.11. The van der Waals surface area contributed by atoms with Gasteiger partial charge in [-0.15, -0.1) is 0 Å². The topological polar surface area (TPSA) is 37.4 Å². The molecule has 0 aromatic heterocycles. The molecule has 0 bridgehead atoms. The van der Waals surface area contributed by atoms with Gasteiger partial charge in [-0.05, 0) is 26.4 Å². The lowest BCUT2D eigenvalue weighted by Crippen LogP contribution is -2.39. The maximum absolute atomic E-state index is 11.1. The average Bonchev–Trinajstić information content (AvgIpc) is 1.86. The molecule has 0 radical (unpaired) electrons. The standard InChI is InChI=1S/C7H15NO2S/c1-8-5-3-4-7(6-8)11(2,9)10/h7H,3-6H2,1-2H3/t7-/m1/s1. The Morgan fingerprint density at radius 1 is 1.45 bits per heavy atom. The minimum absolute atomic E-state index is 0.124. The summed E-state index contributed by atoms with van der Waals surface area (Å²) < 4.78 is 22.2. The molecule has 0 aromatic carbocycles. The third kappa shape index (κ3) is 2.45. The molecule has 1 rings (SSSR count).